The molecule has 1 heterocycles. The van der Waals surface area contributed by atoms with Crippen molar-refractivity contribution >= 4 is 45.8 Å². The molecule has 0 saturated carbocycles. The molecule has 2 N–H and O–H groups in total. The van der Waals surface area contributed by atoms with Gasteiger partial charge in [-0.2, -0.15) is 0 Å². The average molecular weight is 378 g/mol. The van der Waals surface area contributed by atoms with Crippen molar-refractivity contribution in [2.75, 3.05) is 7.05 Å². The minimum Gasteiger partial charge on any atom is -0.283 e. The number of hydrogen-bond acceptors (Lipinski definition) is 6. The van der Waals surface area contributed by atoms with Crippen LogP contribution >= 0.6 is 45.8 Å². The number of hydrazine groups is 1. The summed E-state index contributed by atoms with van der Waals surface area (Å²) >= 11 is 8.61. The Morgan fingerprint density at radius 3 is 3.00 bits per heavy atom. The summed E-state index contributed by atoms with van der Waals surface area (Å²) in [6, 6.07) is 0. The SMILES string of the molecule is CNC(NCc1cnc(Cl)s1)N(I)[N+](=O)[O-]. The third-order valence-corrected chi connectivity index (χ3v) is 3.66. The summed E-state index contributed by atoms with van der Waals surface area (Å²) in [7, 11) is 1.63. The van der Waals surface area contributed by atoms with Crippen LogP contribution in [-0.2, 0) is 6.54 Å². The molecule has 0 fully saturated rings. The highest BCUT2D eigenvalue weighted by Gasteiger charge is 2.21. The lowest BCUT2D eigenvalue weighted by atomic mass is 10.5. The number of hydrogen-bond donors (Lipinski definition) is 2. The van der Waals surface area contributed by atoms with Crippen LogP contribution in [0, 0.1) is 10.1 Å². The largest absolute Gasteiger partial charge is 0.283 e. The van der Waals surface area contributed by atoms with Gasteiger partial charge in [-0.3, -0.25) is 10.6 Å². The minimum absolute atomic E-state index is 0.457. The van der Waals surface area contributed by atoms with Gasteiger partial charge in [0.1, 0.15) is 22.9 Å². The van der Waals surface area contributed by atoms with Gasteiger partial charge in [0.25, 0.3) is 0 Å². The smallest absolute Gasteiger partial charge is 0.204 e. The summed E-state index contributed by atoms with van der Waals surface area (Å²) in [6.07, 6.45) is 1.08. The highest BCUT2D eigenvalue weighted by atomic mass is 127. The molecule has 0 aromatic carbocycles. The maximum atomic E-state index is 10.5. The molecule has 1 aromatic heterocycles. The normalized spacial score (nSPS) is 12.4. The zero-order valence-corrected chi connectivity index (χ0v) is 11.9. The Morgan fingerprint density at radius 2 is 2.56 bits per heavy atom. The van der Waals surface area contributed by atoms with Gasteiger partial charge in [0.05, 0.1) is 0 Å². The molecule has 0 aliphatic heterocycles. The summed E-state index contributed by atoms with van der Waals surface area (Å²) < 4.78 is 1.37. The first-order valence-corrected chi connectivity index (χ1v) is 6.30. The van der Waals surface area contributed by atoms with E-state index in [4.69, 9.17) is 11.6 Å². The lowest BCUT2D eigenvalue weighted by Gasteiger charge is -2.19. The molecular formula is C6H9ClIN5O2S. The molecule has 1 unspecified atom stereocenters. The first kappa shape index (κ1) is 13.8. The Morgan fingerprint density at radius 1 is 1.88 bits per heavy atom. The van der Waals surface area contributed by atoms with E-state index in [1.165, 1.54) is 11.3 Å². The molecule has 0 saturated heterocycles. The molecule has 1 aromatic rings. The summed E-state index contributed by atoms with van der Waals surface area (Å²) in [5.41, 5.74) is 0. The first-order chi connectivity index (χ1) is 7.54. The van der Waals surface area contributed by atoms with Crippen LogP contribution in [0.3, 0.4) is 0 Å². The number of aromatic nitrogens is 1. The number of nitrogens with zero attached hydrogens (tertiary/aromatic N) is 3. The zero-order valence-electron chi connectivity index (χ0n) is 8.18. The van der Waals surface area contributed by atoms with Gasteiger partial charge in [0.15, 0.2) is 9.50 Å². The van der Waals surface area contributed by atoms with Crippen molar-refractivity contribution in [3.63, 3.8) is 0 Å². The molecule has 16 heavy (non-hydrogen) atoms. The molecule has 7 nitrogen and oxygen atoms in total. The molecule has 10 heteroatoms. The van der Waals surface area contributed by atoms with E-state index in [1.54, 1.807) is 36.1 Å². The third kappa shape index (κ3) is 3.97. The van der Waals surface area contributed by atoms with E-state index >= 15 is 0 Å². The highest BCUT2D eigenvalue weighted by molar-refractivity contribution is 14.1. The number of rotatable bonds is 6. The van der Waals surface area contributed by atoms with Gasteiger partial charge in [-0.05, 0) is 10.3 Å². The fourth-order valence-electron chi connectivity index (χ4n) is 0.941. The van der Waals surface area contributed by atoms with Crippen molar-refractivity contribution < 1.29 is 5.03 Å². The Hall–Kier alpha value is -0.230. The van der Waals surface area contributed by atoms with E-state index in [1.807, 2.05) is 0 Å². The van der Waals surface area contributed by atoms with Gasteiger partial charge in [-0.25, -0.2) is 15.1 Å². The maximum absolute atomic E-state index is 10.5. The Kier molecular flexibility index (Phi) is 5.61. The lowest BCUT2D eigenvalue weighted by molar-refractivity contribution is -0.617. The van der Waals surface area contributed by atoms with Crippen LogP contribution in [0.5, 0.6) is 0 Å². The molecular weight excluding hydrogens is 369 g/mol. The van der Waals surface area contributed by atoms with Gasteiger partial charge in [0.2, 0.25) is 6.29 Å². The maximum Gasteiger partial charge on any atom is 0.204 e. The molecule has 90 valence electrons. The number of nitro groups is 1. The lowest BCUT2D eigenvalue weighted by Crippen LogP contribution is -2.51. The van der Waals surface area contributed by atoms with E-state index < -0.39 is 11.3 Å². The van der Waals surface area contributed by atoms with Gasteiger partial charge in [-0.15, -0.1) is 11.3 Å². The van der Waals surface area contributed by atoms with Crippen molar-refractivity contribution in [1.82, 2.24) is 18.8 Å². The standard InChI is InChI=1S/C6H9ClIN5O2S/c1-9-6(12(8)13(14)15)11-3-4-2-10-5(7)16-4/h2,6,9,11H,3H2,1H3. The Labute approximate surface area is 115 Å². The number of thiazole rings is 1. The Balaban J connectivity index is 2.48. The number of nitrogens with one attached hydrogen (secondary N) is 2. The molecule has 0 spiro atoms. The van der Waals surface area contributed by atoms with Gasteiger partial charge in [-0.1, -0.05) is 11.6 Å². The highest BCUT2D eigenvalue weighted by Crippen LogP contribution is 2.17. The van der Waals surface area contributed by atoms with E-state index in [0.29, 0.717) is 11.0 Å². The molecule has 0 aliphatic rings. The molecule has 0 bridgehead atoms. The van der Waals surface area contributed by atoms with Crippen molar-refractivity contribution in [1.29, 1.82) is 0 Å². The van der Waals surface area contributed by atoms with Crippen molar-refractivity contribution in [2.45, 2.75) is 12.8 Å². The second kappa shape index (κ2) is 6.49. The van der Waals surface area contributed by atoms with Gasteiger partial charge < -0.3 is 0 Å². The van der Waals surface area contributed by atoms with Crippen LogP contribution in [-0.4, -0.2) is 26.6 Å². The van der Waals surface area contributed by atoms with E-state index in [0.717, 1.165) is 8.10 Å². The van der Waals surface area contributed by atoms with Crippen LogP contribution < -0.4 is 10.6 Å². The summed E-state index contributed by atoms with van der Waals surface area (Å²) in [5, 5.41) is 15.8. The van der Waals surface area contributed by atoms with E-state index in [9.17, 15) is 10.1 Å². The topological polar surface area (TPSA) is 83.3 Å². The predicted molar refractivity (Wildman–Crippen MR) is 69.7 cm³/mol. The second-order valence-corrected chi connectivity index (χ2v) is 5.36. The summed E-state index contributed by atoms with van der Waals surface area (Å²) in [6.45, 7) is 0.462. The second-order valence-electron chi connectivity index (χ2n) is 2.68. The Bertz CT molecular complexity index is 364. The fourth-order valence-corrected chi connectivity index (χ4v) is 2.35. The number of halogens is 2. The first-order valence-electron chi connectivity index (χ1n) is 4.14. The summed E-state index contributed by atoms with van der Waals surface area (Å²) in [4.78, 5) is 15.3. The van der Waals surface area contributed by atoms with Crippen molar-refractivity contribution in [3.8, 4) is 0 Å². The van der Waals surface area contributed by atoms with E-state index in [-0.39, 0.29) is 0 Å². The van der Waals surface area contributed by atoms with E-state index in [2.05, 4.69) is 15.6 Å². The third-order valence-electron chi connectivity index (χ3n) is 1.64. The summed E-state index contributed by atoms with van der Waals surface area (Å²) in [5.74, 6) is 0. The van der Waals surface area contributed by atoms with Gasteiger partial charge in [0, 0.05) is 17.6 Å². The van der Waals surface area contributed by atoms with Gasteiger partial charge >= 0.3 is 0 Å². The quantitative estimate of drug-likeness (QED) is 0.255. The van der Waals surface area contributed by atoms with Crippen LogP contribution in [0.15, 0.2) is 6.20 Å². The minimum atomic E-state index is -0.559. The van der Waals surface area contributed by atoms with Crippen molar-refractivity contribution in [3.05, 3.63) is 25.7 Å². The van der Waals surface area contributed by atoms with Crippen LogP contribution in [0.4, 0.5) is 0 Å². The van der Waals surface area contributed by atoms with Crippen LogP contribution in [0.2, 0.25) is 4.47 Å². The monoisotopic (exact) mass is 377 g/mol. The zero-order chi connectivity index (χ0) is 12.1. The molecule has 0 amide bonds. The molecule has 0 aliphatic carbocycles. The fraction of sp³-hybridized carbons (Fsp3) is 0.500. The average Bonchev–Trinajstić information content (AvgIpc) is 2.64. The van der Waals surface area contributed by atoms with Crippen molar-refractivity contribution in [2.24, 2.45) is 0 Å². The molecule has 1 rings (SSSR count). The van der Waals surface area contributed by atoms with Crippen LogP contribution in [0.25, 0.3) is 0 Å². The molecule has 0 radical (unpaired) electrons. The van der Waals surface area contributed by atoms with Crippen LogP contribution in [0.1, 0.15) is 4.88 Å². The predicted octanol–water partition coefficient (Wildman–Crippen LogP) is 1.23. The molecule has 1 atom stereocenters.